The Balaban J connectivity index is 3.00. The smallest absolute Gasteiger partial charge is 0.0447 e. The summed E-state index contributed by atoms with van der Waals surface area (Å²) in [6.45, 7) is 6.11. The van der Waals surface area contributed by atoms with Gasteiger partial charge in [0.15, 0.2) is 0 Å². The summed E-state index contributed by atoms with van der Waals surface area (Å²) in [6, 6.07) is 6.24. The van der Waals surface area contributed by atoms with Crippen LogP contribution in [0.4, 0.5) is 11.4 Å². The molecule has 0 spiro atoms. The first-order valence-corrected chi connectivity index (χ1v) is 5.07. The maximum Gasteiger partial charge on any atom is 0.0447 e. The molecule has 2 rings (SSSR count). The van der Waals surface area contributed by atoms with Crippen LogP contribution in [0.15, 0.2) is 18.2 Å². The Bertz CT molecular complexity index is 542. The SMILES string of the molecule is Cc1cc2ccc(C)c(N)c2c(N)c1C. The highest BCUT2D eigenvalue weighted by Crippen LogP contribution is 2.33. The van der Waals surface area contributed by atoms with Gasteiger partial charge in [0.1, 0.15) is 0 Å². The van der Waals surface area contributed by atoms with Crippen LogP contribution in [-0.2, 0) is 0 Å². The minimum Gasteiger partial charge on any atom is -0.398 e. The van der Waals surface area contributed by atoms with Gasteiger partial charge in [-0.25, -0.2) is 0 Å². The van der Waals surface area contributed by atoms with E-state index >= 15 is 0 Å². The molecule has 0 aliphatic heterocycles. The van der Waals surface area contributed by atoms with Crippen molar-refractivity contribution in [3.8, 4) is 0 Å². The van der Waals surface area contributed by atoms with Crippen molar-refractivity contribution in [2.75, 3.05) is 11.5 Å². The van der Waals surface area contributed by atoms with Gasteiger partial charge in [-0.3, -0.25) is 0 Å². The molecule has 0 amide bonds. The van der Waals surface area contributed by atoms with Gasteiger partial charge in [-0.1, -0.05) is 18.2 Å². The van der Waals surface area contributed by atoms with Gasteiger partial charge >= 0.3 is 0 Å². The monoisotopic (exact) mass is 200 g/mol. The molecular formula is C13H16N2. The number of hydrogen-bond acceptors (Lipinski definition) is 2. The van der Waals surface area contributed by atoms with E-state index in [1.54, 1.807) is 0 Å². The van der Waals surface area contributed by atoms with Gasteiger partial charge in [0.05, 0.1) is 0 Å². The topological polar surface area (TPSA) is 52.0 Å². The number of aryl methyl sites for hydroxylation is 2. The second kappa shape index (κ2) is 3.16. The molecule has 0 unspecified atom stereocenters. The molecule has 0 fully saturated rings. The molecule has 4 N–H and O–H groups in total. The van der Waals surface area contributed by atoms with E-state index in [2.05, 4.69) is 19.1 Å². The zero-order valence-corrected chi connectivity index (χ0v) is 9.39. The molecule has 0 saturated heterocycles. The van der Waals surface area contributed by atoms with E-state index in [1.807, 2.05) is 19.9 Å². The molecule has 0 atom stereocenters. The molecule has 0 aromatic heterocycles. The fourth-order valence-corrected chi connectivity index (χ4v) is 1.90. The maximum atomic E-state index is 6.11. The number of nitrogens with two attached hydrogens (primary N) is 2. The summed E-state index contributed by atoms with van der Waals surface area (Å²) in [5.74, 6) is 0. The minimum atomic E-state index is 0.799. The Morgan fingerprint density at radius 2 is 1.53 bits per heavy atom. The number of nitrogen functional groups attached to an aromatic ring is 2. The van der Waals surface area contributed by atoms with Crippen molar-refractivity contribution in [2.45, 2.75) is 20.8 Å². The average Bonchev–Trinajstić information content (AvgIpc) is 2.20. The third-order valence-electron chi connectivity index (χ3n) is 3.13. The van der Waals surface area contributed by atoms with Crippen molar-refractivity contribution in [2.24, 2.45) is 0 Å². The fraction of sp³-hybridized carbons (Fsp3) is 0.231. The molecule has 0 bridgehead atoms. The van der Waals surface area contributed by atoms with Crippen LogP contribution in [0.3, 0.4) is 0 Å². The van der Waals surface area contributed by atoms with E-state index < -0.39 is 0 Å². The summed E-state index contributed by atoms with van der Waals surface area (Å²) < 4.78 is 0. The normalized spacial score (nSPS) is 10.9. The Morgan fingerprint density at radius 3 is 2.20 bits per heavy atom. The molecule has 15 heavy (non-hydrogen) atoms. The predicted octanol–water partition coefficient (Wildman–Crippen LogP) is 2.93. The molecule has 2 aromatic rings. The summed E-state index contributed by atoms with van der Waals surface area (Å²) in [7, 11) is 0. The third kappa shape index (κ3) is 1.33. The van der Waals surface area contributed by atoms with E-state index in [1.165, 1.54) is 5.56 Å². The van der Waals surface area contributed by atoms with Crippen molar-refractivity contribution in [3.05, 3.63) is 34.9 Å². The standard InChI is InChI=1S/C13H16N2/c1-7-4-5-10-6-8(2)9(3)13(15)11(10)12(7)14/h4-6H,14-15H2,1-3H3. The first kappa shape index (κ1) is 9.84. The molecule has 0 heterocycles. The number of fused-ring (bicyclic) bond motifs is 1. The predicted molar refractivity (Wildman–Crippen MR) is 67.0 cm³/mol. The Hall–Kier alpha value is -1.70. The summed E-state index contributed by atoms with van der Waals surface area (Å²) in [4.78, 5) is 0. The van der Waals surface area contributed by atoms with Gasteiger partial charge in [-0.05, 0) is 42.8 Å². The van der Waals surface area contributed by atoms with Crippen molar-refractivity contribution in [3.63, 3.8) is 0 Å². The van der Waals surface area contributed by atoms with E-state index in [0.29, 0.717) is 0 Å². The highest BCUT2D eigenvalue weighted by atomic mass is 14.6. The van der Waals surface area contributed by atoms with Crippen LogP contribution in [0.2, 0.25) is 0 Å². The Kier molecular flexibility index (Phi) is 2.07. The van der Waals surface area contributed by atoms with Crippen molar-refractivity contribution < 1.29 is 0 Å². The van der Waals surface area contributed by atoms with Crippen molar-refractivity contribution in [1.29, 1.82) is 0 Å². The first-order valence-electron chi connectivity index (χ1n) is 5.07. The number of anilines is 2. The Morgan fingerprint density at radius 1 is 0.867 bits per heavy atom. The van der Waals surface area contributed by atoms with Crippen LogP contribution in [0.5, 0.6) is 0 Å². The lowest BCUT2D eigenvalue weighted by Crippen LogP contribution is -1.99. The lowest BCUT2D eigenvalue weighted by molar-refractivity contribution is 1.36. The van der Waals surface area contributed by atoms with Crippen LogP contribution in [-0.4, -0.2) is 0 Å². The summed E-state index contributed by atoms with van der Waals surface area (Å²) >= 11 is 0. The van der Waals surface area contributed by atoms with Gasteiger partial charge in [0, 0.05) is 16.8 Å². The lowest BCUT2D eigenvalue weighted by atomic mass is 9.97. The number of benzene rings is 2. The molecular weight excluding hydrogens is 184 g/mol. The van der Waals surface area contributed by atoms with Crippen LogP contribution in [0.1, 0.15) is 16.7 Å². The zero-order chi connectivity index (χ0) is 11.2. The van der Waals surface area contributed by atoms with Gasteiger partial charge in [0.2, 0.25) is 0 Å². The summed E-state index contributed by atoms with van der Waals surface area (Å²) in [6.07, 6.45) is 0. The average molecular weight is 200 g/mol. The Labute approximate surface area is 89.9 Å². The second-order valence-electron chi connectivity index (χ2n) is 4.13. The zero-order valence-electron chi connectivity index (χ0n) is 9.39. The van der Waals surface area contributed by atoms with E-state index in [-0.39, 0.29) is 0 Å². The lowest BCUT2D eigenvalue weighted by Gasteiger charge is -2.12. The van der Waals surface area contributed by atoms with Crippen molar-refractivity contribution in [1.82, 2.24) is 0 Å². The van der Waals surface area contributed by atoms with E-state index in [9.17, 15) is 0 Å². The minimum absolute atomic E-state index is 0.799. The second-order valence-corrected chi connectivity index (χ2v) is 4.13. The molecule has 2 aromatic carbocycles. The highest BCUT2D eigenvalue weighted by molar-refractivity contribution is 6.04. The summed E-state index contributed by atoms with van der Waals surface area (Å²) in [5, 5.41) is 2.12. The van der Waals surface area contributed by atoms with Crippen LogP contribution >= 0.6 is 0 Å². The number of rotatable bonds is 0. The molecule has 0 aliphatic carbocycles. The van der Waals surface area contributed by atoms with Gasteiger partial charge < -0.3 is 11.5 Å². The van der Waals surface area contributed by atoms with Gasteiger partial charge in [0.25, 0.3) is 0 Å². The molecule has 2 heteroatoms. The third-order valence-corrected chi connectivity index (χ3v) is 3.13. The molecule has 0 saturated carbocycles. The van der Waals surface area contributed by atoms with Crippen molar-refractivity contribution >= 4 is 22.1 Å². The molecule has 0 radical (unpaired) electrons. The van der Waals surface area contributed by atoms with Crippen LogP contribution in [0.25, 0.3) is 10.8 Å². The van der Waals surface area contributed by atoms with Crippen LogP contribution < -0.4 is 11.5 Å². The fourth-order valence-electron chi connectivity index (χ4n) is 1.90. The van der Waals surface area contributed by atoms with E-state index in [0.717, 1.165) is 33.3 Å². The first-order chi connectivity index (χ1) is 7.02. The van der Waals surface area contributed by atoms with Gasteiger partial charge in [-0.15, -0.1) is 0 Å². The number of hydrogen-bond donors (Lipinski definition) is 2. The van der Waals surface area contributed by atoms with Crippen LogP contribution in [0, 0.1) is 20.8 Å². The highest BCUT2D eigenvalue weighted by Gasteiger charge is 2.08. The summed E-state index contributed by atoms with van der Waals surface area (Å²) in [5.41, 5.74) is 17.2. The molecule has 78 valence electrons. The quantitative estimate of drug-likeness (QED) is 0.642. The van der Waals surface area contributed by atoms with Gasteiger partial charge in [-0.2, -0.15) is 0 Å². The molecule has 0 aliphatic rings. The molecule has 2 nitrogen and oxygen atoms in total. The van der Waals surface area contributed by atoms with E-state index in [4.69, 9.17) is 11.5 Å². The maximum absolute atomic E-state index is 6.11. The largest absolute Gasteiger partial charge is 0.398 e.